The molecule has 0 radical (unpaired) electrons. The lowest BCUT2D eigenvalue weighted by atomic mass is 10.2. The molecule has 1 unspecified atom stereocenters. The normalized spacial score (nSPS) is 12.1. The molecule has 2 aromatic heterocycles. The van der Waals surface area contributed by atoms with Crippen LogP contribution in [0.2, 0.25) is 0 Å². The number of pyridine rings is 1. The van der Waals surface area contributed by atoms with E-state index in [0.29, 0.717) is 6.54 Å². The van der Waals surface area contributed by atoms with E-state index in [4.69, 9.17) is 5.11 Å². The molecule has 0 aliphatic heterocycles. The Balaban J connectivity index is 2.12. The zero-order valence-electron chi connectivity index (χ0n) is 10.2. The first kappa shape index (κ1) is 13.0. The molecule has 0 saturated carbocycles. The van der Waals surface area contributed by atoms with Gasteiger partial charge in [-0.2, -0.15) is 0 Å². The lowest BCUT2D eigenvalue weighted by Gasteiger charge is -2.16. The van der Waals surface area contributed by atoms with E-state index in [1.165, 1.54) is 0 Å². The molecule has 0 amide bonds. The summed E-state index contributed by atoms with van der Waals surface area (Å²) in [6, 6.07) is 0.868. The van der Waals surface area contributed by atoms with Crippen LogP contribution in [0.3, 0.4) is 0 Å². The predicted octanol–water partition coefficient (Wildman–Crippen LogP) is 1.62. The first-order chi connectivity index (χ1) is 9.06. The highest BCUT2D eigenvalue weighted by Crippen LogP contribution is 2.15. The maximum Gasteiger partial charge on any atom is 0.339 e. The van der Waals surface area contributed by atoms with E-state index >= 15 is 0 Å². The van der Waals surface area contributed by atoms with E-state index in [2.05, 4.69) is 15.3 Å². The van der Waals surface area contributed by atoms with Crippen LogP contribution in [0.4, 0.5) is 10.2 Å². The maximum absolute atomic E-state index is 13.0. The molecule has 19 heavy (non-hydrogen) atoms. The molecule has 0 fully saturated rings. The highest BCUT2D eigenvalue weighted by atomic mass is 19.1. The Hall–Kier alpha value is -2.44. The van der Waals surface area contributed by atoms with Gasteiger partial charge in [-0.05, 0) is 13.0 Å². The van der Waals surface area contributed by atoms with Crippen LogP contribution < -0.4 is 5.32 Å². The Morgan fingerprint density at radius 3 is 3.05 bits per heavy atom. The van der Waals surface area contributed by atoms with Crippen molar-refractivity contribution in [3.8, 4) is 0 Å². The van der Waals surface area contributed by atoms with E-state index in [9.17, 15) is 9.18 Å². The van der Waals surface area contributed by atoms with Crippen LogP contribution >= 0.6 is 0 Å². The number of carboxylic acid groups (broad SMARTS) is 1. The Kier molecular flexibility index (Phi) is 3.74. The van der Waals surface area contributed by atoms with Gasteiger partial charge in [0.1, 0.15) is 17.2 Å². The molecular formula is C12H13FN4O2. The maximum atomic E-state index is 13.0. The van der Waals surface area contributed by atoms with Crippen molar-refractivity contribution in [2.75, 3.05) is 5.32 Å². The van der Waals surface area contributed by atoms with Gasteiger partial charge in [-0.3, -0.25) is 0 Å². The van der Waals surface area contributed by atoms with Crippen molar-refractivity contribution in [2.24, 2.45) is 0 Å². The van der Waals surface area contributed by atoms with Crippen molar-refractivity contribution in [1.29, 1.82) is 0 Å². The first-order valence-corrected chi connectivity index (χ1v) is 5.67. The van der Waals surface area contributed by atoms with E-state index in [1.54, 1.807) is 18.7 Å². The van der Waals surface area contributed by atoms with Crippen LogP contribution in [0.15, 0.2) is 31.0 Å². The predicted molar refractivity (Wildman–Crippen MR) is 66.5 cm³/mol. The van der Waals surface area contributed by atoms with Gasteiger partial charge in [-0.1, -0.05) is 0 Å². The topological polar surface area (TPSA) is 80.0 Å². The van der Waals surface area contributed by atoms with Crippen molar-refractivity contribution in [2.45, 2.75) is 19.5 Å². The molecule has 0 spiro atoms. The quantitative estimate of drug-likeness (QED) is 0.857. The monoisotopic (exact) mass is 264 g/mol. The summed E-state index contributed by atoms with van der Waals surface area (Å²) in [6.45, 7) is 2.47. The van der Waals surface area contributed by atoms with E-state index in [0.717, 1.165) is 12.3 Å². The Morgan fingerprint density at radius 2 is 2.42 bits per heavy atom. The zero-order chi connectivity index (χ0) is 13.8. The Labute approximate surface area is 108 Å². The molecule has 2 rings (SSSR count). The minimum Gasteiger partial charge on any atom is -0.478 e. The van der Waals surface area contributed by atoms with Crippen molar-refractivity contribution in [1.82, 2.24) is 14.5 Å². The summed E-state index contributed by atoms with van der Waals surface area (Å²) < 4.78 is 14.8. The van der Waals surface area contributed by atoms with Crippen molar-refractivity contribution in [3.05, 3.63) is 42.4 Å². The smallest absolute Gasteiger partial charge is 0.339 e. The summed E-state index contributed by atoms with van der Waals surface area (Å²) in [5.74, 6) is -1.74. The summed E-state index contributed by atoms with van der Waals surface area (Å²) in [5.41, 5.74) is -0.183. The third-order valence-electron chi connectivity index (χ3n) is 2.51. The summed E-state index contributed by atoms with van der Waals surface area (Å²) in [5, 5.41) is 11.9. The van der Waals surface area contributed by atoms with E-state index < -0.39 is 11.8 Å². The second-order valence-corrected chi connectivity index (χ2v) is 4.16. The molecule has 0 aliphatic rings. The Bertz CT molecular complexity index is 571. The van der Waals surface area contributed by atoms with Gasteiger partial charge in [0, 0.05) is 25.0 Å². The van der Waals surface area contributed by atoms with Crippen molar-refractivity contribution < 1.29 is 14.3 Å². The highest BCUT2D eigenvalue weighted by Gasteiger charge is 2.14. The fourth-order valence-corrected chi connectivity index (χ4v) is 1.71. The molecule has 0 aromatic carbocycles. The van der Waals surface area contributed by atoms with Crippen molar-refractivity contribution in [3.63, 3.8) is 0 Å². The fraction of sp³-hybridized carbons (Fsp3) is 0.250. The summed E-state index contributed by atoms with van der Waals surface area (Å²) in [4.78, 5) is 18.7. The lowest BCUT2D eigenvalue weighted by Crippen LogP contribution is -2.23. The number of anilines is 1. The molecule has 100 valence electrons. The van der Waals surface area contributed by atoms with E-state index in [-0.39, 0.29) is 17.4 Å². The standard InChI is InChI=1S/C12H13FN4O2/c1-8(6-17-3-2-14-7-17)16-11-10(12(18)19)4-9(13)5-15-11/h2-5,7-8H,6H2,1H3,(H,15,16)(H,18,19). The number of aromatic carboxylic acids is 1. The van der Waals surface area contributed by atoms with Crippen LogP contribution in [0, 0.1) is 5.82 Å². The second kappa shape index (κ2) is 5.47. The number of hydrogen-bond donors (Lipinski definition) is 2. The molecule has 7 heteroatoms. The number of imidazole rings is 1. The van der Waals surface area contributed by atoms with Gasteiger partial charge in [0.25, 0.3) is 0 Å². The van der Waals surface area contributed by atoms with Gasteiger partial charge >= 0.3 is 5.97 Å². The largest absolute Gasteiger partial charge is 0.478 e. The number of carbonyl (C=O) groups is 1. The fourth-order valence-electron chi connectivity index (χ4n) is 1.71. The number of aromatic nitrogens is 3. The average Bonchev–Trinajstić information content (AvgIpc) is 2.83. The van der Waals surface area contributed by atoms with Gasteiger partial charge in [0.15, 0.2) is 0 Å². The SMILES string of the molecule is CC(Cn1ccnc1)Nc1ncc(F)cc1C(=O)O. The molecular weight excluding hydrogens is 251 g/mol. The number of nitrogens with zero attached hydrogens (tertiary/aromatic N) is 3. The van der Waals surface area contributed by atoms with Crippen molar-refractivity contribution >= 4 is 11.8 Å². The van der Waals surface area contributed by atoms with Crippen LogP contribution in [-0.2, 0) is 6.54 Å². The summed E-state index contributed by atoms with van der Waals surface area (Å²) in [6.07, 6.45) is 6.10. The Morgan fingerprint density at radius 1 is 1.63 bits per heavy atom. The van der Waals surface area contributed by atoms with E-state index in [1.807, 2.05) is 11.5 Å². The molecule has 2 heterocycles. The van der Waals surface area contributed by atoms with Gasteiger partial charge < -0.3 is 15.0 Å². The third-order valence-corrected chi connectivity index (χ3v) is 2.51. The molecule has 0 saturated heterocycles. The molecule has 0 aliphatic carbocycles. The number of rotatable bonds is 5. The molecule has 2 aromatic rings. The minimum absolute atomic E-state index is 0.0785. The minimum atomic E-state index is -1.22. The third kappa shape index (κ3) is 3.27. The second-order valence-electron chi connectivity index (χ2n) is 4.16. The molecule has 6 nitrogen and oxygen atoms in total. The molecule has 2 N–H and O–H groups in total. The summed E-state index contributed by atoms with van der Waals surface area (Å²) >= 11 is 0. The van der Waals surface area contributed by atoms with Crippen LogP contribution in [0.25, 0.3) is 0 Å². The number of nitrogens with one attached hydrogen (secondary N) is 1. The lowest BCUT2D eigenvalue weighted by molar-refractivity contribution is 0.0697. The zero-order valence-corrected chi connectivity index (χ0v) is 10.2. The number of halogens is 1. The average molecular weight is 264 g/mol. The highest BCUT2D eigenvalue weighted by molar-refractivity contribution is 5.93. The van der Waals surface area contributed by atoms with Crippen LogP contribution in [0.1, 0.15) is 17.3 Å². The number of carboxylic acids is 1. The van der Waals surface area contributed by atoms with Gasteiger partial charge in [-0.25, -0.2) is 19.2 Å². The van der Waals surface area contributed by atoms with Gasteiger partial charge in [0.2, 0.25) is 0 Å². The molecule has 1 atom stereocenters. The van der Waals surface area contributed by atoms with Gasteiger partial charge in [-0.15, -0.1) is 0 Å². The van der Waals surface area contributed by atoms with Gasteiger partial charge in [0.05, 0.1) is 12.5 Å². The van der Waals surface area contributed by atoms with Crippen LogP contribution in [0.5, 0.6) is 0 Å². The number of hydrogen-bond acceptors (Lipinski definition) is 4. The van der Waals surface area contributed by atoms with Crippen LogP contribution in [-0.4, -0.2) is 31.7 Å². The first-order valence-electron chi connectivity index (χ1n) is 5.67. The molecule has 0 bridgehead atoms. The summed E-state index contributed by atoms with van der Waals surface area (Å²) in [7, 11) is 0.